The first-order valence-electron chi connectivity index (χ1n) is 11.3. The molecule has 0 aromatic carbocycles. The predicted molar refractivity (Wildman–Crippen MR) is 119 cm³/mol. The molecular weight excluding hydrogens is 470 g/mol. The largest absolute Gasteiger partial charge is 0.417 e. The van der Waals surface area contributed by atoms with E-state index < -0.39 is 29.1 Å². The Hall–Kier alpha value is -3.06. The molecule has 13 heteroatoms. The van der Waals surface area contributed by atoms with Crippen LogP contribution in [-0.4, -0.2) is 68.7 Å². The van der Waals surface area contributed by atoms with Gasteiger partial charge in [-0.3, -0.25) is 14.7 Å². The minimum Gasteiger partial charge on any atom is -0.388 e. The number of nitrogens with zero attached hydrogens (tertiary/aromatic N) is 5. The molecule has 35 heavy (non-hydrogen) atoms. The molecule has 2 aromatic rings. The molecule has 1 saturated heterocycles. The molecule has 0 atom stereocenters. The summed E-state index contributed by atoms with van der Waals surface area (Å²) in [6.45, 7) is 1.23. The number of amides is 1. The third kappa shape index (κ3) is 6.34. The molecule has 2 fully saturated rings. The lowest BCUT2D eigenvalue weighted by Gasteiger charge is -2.37. The van der Waals surface area contributed by atoms with E-state index in [0.29, 0.717) is 31.6 Å². The van der Waals surface area contributed by atoms with Crippen molar-refractivity contribution >= 4 is 17.5 Å². The van der Waals surface area contributed by atoms with Crippen molar-refractivity contribution in [2.75, 3.05) is 36.4 Å². The first kappa shape index (κ1) is 25.0. The van der Waals surface area contributed by atoms with E-state index in [4.69, 9.17) is 5.73 Å². The van der Waals surface area contributed by atoms with Crippen molar-refractivity contribution in [3.05, 3.63) is 41.7 Å². The van der Waals surface area contributed by atoms with Gasteiger partial charge in [0.1, 0.15) is 6.33 Å². The van der Waals surface area contributed by atoms with Crippen molar-refractivity contribution in [1.29, 1.82) is 0 Å². The Bertz CT molecular complexity index is 1040. The summed E-state index contributed by atoms with van der Waals surface area (Å²) < 4.78 is 53.8. The van der Waals surface area contributed by atoms with Crippen LogP contribution in [0.15, 0.2) is 24.7 Å². The second-order valence-electron chi connectivity index (χ2n) is 9.08. The summed E-state index contributed by atoms with van der Waals surface area (Å²) in [5, 5.41) is 13.7. The molecular formula is C22H27F4N7O2. The van der Waals surface area contributed by atoms with Gasteiger partial charge in [0.05, 0.1) is 29.9 Å². The van der Waals surface area contributed by atoms with Crippen LogP contribution in [0.2, 0.25) is 0 Å². The third-order valence-electron chi connectivity index (χ3n) is 6.27. The van der Waals surface area contributed by atoms with E-state index in [-0.39, 0.29) is 37.3 Å². The van der Waals surface area contributed by atoms with Crippen LogP contribution >= 0.6 is 0 Å². The van der Waals surface area contributed by atoms with Gasteiger partial charge in [0.15, 0.2) is 11.6 Å². The smallest absolute Gasteiger partial charge is 0.388 e. The maximum Gasteiger partial charge on any atom is 0.417 e. The number of nitrogens with one attached hydrogen (secondary N) is 1. The summed E-state index contributed by atoms with van der Waals surface area (Å²) in [5.74, 6) is -1.19. The quantitative estimate of drug-likeness (QED) is 0.450. The van der Waals surface area contributed by atoms with Gasteiger partial charge in [0, 0.05) is 31.9 Å². The number of pyridine rings is 1. The number of nitrogens with two attached hydrogens (primary N) is 1. The van der Waals surface area contributed by atoms with Gasteiger partial charge in [-0.1, -0.05) is 0 Å². The second kappa shape index (κ2) is 9.90. The first-order valence-corrected chi connectivity index (χ1v) is 11.3. The number of alkyl halides is 3. The Morgan fingerprint density at radius 3 is 2.51 bits per heavy atom. The highest BCUT2D eigenvalue weighted by Crippen LogP contribution is 2.35. The average molecular weight is 497 g/mol. The Labute approximate surface area is 199 Å². The van der Waals surface area contributed by atoms with E-state index in [2.05, 4.69) is 20.3 Å². The third-order valence-corrected chi connectivity index (χ3v) is 6.27. The number of aromatic nitrogens is 3. The lowest BCUT2D eigenvalue weighted by atomic mass is 9.91. The van der Waals surface area contributed by atoms with Gasteiger partial charge in [0.25, 0.3) is 0 Å². The molecule has 1 aliphatic heterocycles. The molecule has 9 nitrogen and oxygen atoms in total. The summed E-state index contributed by atoms with van der Waals surface area (Å²) in [4.78, 5) is 26.6. The van der Waals surface area contributed by atoms with Crippen LogP contribution in [0.5, 0.6) is 0 Å². The Kier molecular flexibility index (Phi) is 7.08. The highest BCUT2D eigenvalue weighted by Gasteiger charge is 2.35. The molecule has 4 rings (SSSR count). The van der Waals surface area contributed by atoms with E-state index in [1.807, 2.05) is 4.90 Å². The summed E-state index contributed by atoms with van der Waals surface area (Å²) in [6.07, 6.45) is -0.164. The molecule has 4 N–H and O–H groups in total. The molecule has 1 amide bonds. The Balaban J connectivity index is 1.43. The number of hydrogen-bond acceptors (Lipinski definition) is 8. The molecule has 0 spiro atoms. The Morgan fingerprint density at radius 1 is 1.23 bits per heavy atom. The van der Waals surface area contributed by atoms with Gasteiger partial charge in [-0.25, -0.2) is 9.97 Å². The molecule has 3 heterocycles. The minimum absolute atomic E-state index is 0.00453. The summed E-state index contributed by atoms with van der Waals surface area (Å²) in [6, 6.07) is 2.22. The topological polar surface area (TPSA) is 120 Å². The van der Waals surface area contributed by atoms with E-state index in [0.717, 1.165) is 25.1 Å². The fraction of sp³-hybridized carbons (Fsp3) is 0.545. The zero-order chi connectivity index (χ0) is 25.2. The zero-order valence-corrected chi connectivity index (χ0v) is 18.9. The van der Waals surface area contributed by atoms with E-state index in [1.54, 1.807) is 4.90 Å². The molecule has 1 saturated carbocycles. The normalized spacial score (nSPS) is 18.3. The molecule has 0 unspecified atom stereocenters. The number of carbonyl (C=O) groups excluding carboxylic acids is 1. The van der Waals surface area contributed by atoms with Crippen molar-refractivity contribution in [2.24, 2.45) is 5.73 Å². The van der Waals surface area contributed by atoms with Crippen LogP contribution in [0.4, 0.5) is 29.2 Å². The molecule has 190 valence electrons. The monoisotopic (exact) mass is 497 g/mol. The van der Waals surface area contributed by atoms with Crippen LogP contribution in [0.3, 0.4) is 0 Å². The van der Waals surface area contributed by atoms with E-state index in [9.17, 15) is 23.1 Å². The van der Waals surface area contributed by atoms with Crippen LogP contribution < -0.4 is 16.0 Å². The summed E-state index contributed by atoms with van der Waals surface area (Å²) in [7, 11) is 0. The number of anilines is 2. The SMILES string of the molecule is NC(=O)CN1CCC(O)(CNc2ncnc(N(Cc3ccc(C(F)(F)F)cn3)C3CC3)c2F)CC1. The van der Waals surface area contributed by atoms with Crippen molar-refractivity contribution in [2.45, 2.75) is 50.0 Å². The van der Waals surface area contributed by atoms with Gasteiger partial charge >= 0.3 is 6.18 Å². The lowest BCUT2D eigenvalue weighted by molar-refractivity contribution is -0.137. The second-order valence-corrected chi connectivity index (χ2v) is 9.08. The predicted octanol–water partition coefficient (Wildman–Crippen LogP) is 1.92. The van der Waals surface area contributed by atoms with Crippen LogP contribution in [0, 0.1) is 5.82 Å². The van der Waals surface area contributed by atoms with Gasteiger partial charge in [-0.05, 0) is 37.8 Å². The van der Waals surface area contributed by atoms with Crippen molar-refractivity contribution in [3.8, 4) is 0 Å². The minimum atomic E-state index is -4.48. The number of rotatable bonds is 9. The van der Waals surface area contributed by atoms with E-state index in [1.165, 1.54) is 12.4 Å². The number of carbonyl (C=O) groups is 1. The van der Waals surface area contributed by atoms with Gasteiger partial charge in [-0.15, -0.1) is 0 Å². The average Bonchev–Trinajstić information content (AvgIpc) is 3.64. The fourth-order valence-electron chi connectivity index (χ4n) is 4.08. The molecule has 2 aromatic heterocycles. The number of primary amides is 1. The van der Waals surface area contributed by atoms with Crippen molar-refractivity contribution in [1.82, 2.24) is 19.9 Å². The van der Waals surface area contributed by atoms with Crippen LogP contribution in [0.25, 0.3) is 0 Å². The van der Waals surface area contributed by atoms with E-state index >= 15 is 4.39 Å². The first-order chi connectivity index (χ1) is 16.5. The lowest BCUT2D eigenvalue weighted by Crippen LogP contribution is -2.50. The van der Waals surface area contributed by atoms with Crippen molar-refractivity contribution < 1.29 is 27.5 Å². The molecule has 0 bridgehead atoms. The van der Waals surface area contributed by atoms with Gasteiger partial charge < -0.3 is 21.1 Å². The number of aliphatic hydroxyl groups is 1. The zero-order valence-electron chi connectivity index (χ0n) is 18.9. The molecule has 0 radical (unpaired) electrons. The standard InChI is InChI=1S/C22H27F4N7O2/c23-18-19(29-12-21(35)5-7-32(8-6-21)11-17(27)34)30-13-31-20(18)33(16-3-4-16)10-15-2-1-14(9-28-15)22(24,25)26/h1-2,9,13,16,35H,3-8,10-12H2,(H2,27,34)(H,29,30,31). The number of hydrogen-bond donors (Lipinski definition) is 3. The molecule has 1 aliphatic carbocycles. The maximum atomic E-state index is 15.4. The maximum absolute atomic E-state index is 15.4. The number of halogens is 4. The van der Waals surface area contributed by atoms with Gasteiger partial charge in [-0.2, -0.15) is 17.6 Å². The van der Waals surface area contributed by atoms with Gasteiger partial charge in [0.2, 0.25) is 11.7 Å². The van der Waals surface area contributed by atoms with Crippen molar-refractivity contribution in [3.63, 3.8) is 0 Å². The van der Waals surface area contributed by atoms with Crippen LogP contribution in [-0.2, 0) is 17.5 Å². The summed E-state index contributed by atoms with van der Waals surface area (Å²) in [5.41, 5.74) is 3.62. The fourth-order valence-corrected chi connectivity index (χ4v) is 4.08. The molecule has 2 aliphatic rings. The summed E-state index contributed by atoms with van der Waals surface area (Å²) >= 11 is 0. The van der Waals surface area contributed by atoms with Crippen LogP contribution in [0.1, 0.15) is 36.9 Å². The highest BCUT2D eigenvalue weighted by molar-refractivity contribution is 5.75. The highest BCUT2D eigenvalue weighted by atomic mass is 19.4. The number of likely N-dealkylation sites (tertiary alicyclic amines) is 1. The number of piperidine rings is 1. The Morgan fingerprint density at radius 2 is 1.94 bits per heavy atom.